The maximum absolute atomic E-state index is 5.96. The second kappa shape index (κ2) is 6.74. The summed E-state index contributed by atoms with van der Waals surface area (Å²) >= 11 is 8.95. The van der Waals surface area contributed by atoms with E-state index in [0.29, 0.717) is 10.2 Å². The minimum atomic E-state index is 0. The van der Waals surface area contributed by atoms with Crippen LogP contribution in [0.1, 0.15) is 5.69 Å². The highest BCUT2D eigenvalue weighted by Crippen LogP contribution is 2.34. The molecule has 2 aromatic heterocycles. The van der Waals surface area contributed by atoms with Crippen molar-refractivity contribution in [2.45, 2.75) is 6.92 Å². The minimum absolute atomic E-state index is 0. The molecular formula is C13H12BrClN4S2. The number of hydrogen-bond donors (Lipinski definition) is 2. The smallest absolute Gasteiger partial charge is 0.187 e. The van der Waals surface area contributed by atoms with Crippen molar-refractivity contribution < 1.29 is 0 Å². The second-order valence-electron chi connectivity index (χ2n) is 4.14. The number of thiazole rings is 2. The van der Waals surface area contributed by atoms with Crippen LogP contribution in [0.25, 0.3) is 10.6 Å². The van der Waals surface area contributed by atoms with Gasteiger partial charge in [0.05, 0.1) is 16.3 Å². The Hall–Kier alpha value is -1.15. The molecule has 21 heavy (non-hydrogen) atoms. The Labute approximate surface area is 145 Å². The van der Waals surface area contributed by atoms with E-state index in [2.05, 4.69) is 15.3 Å². The summed E-state index contributed by atoms with van der Waals surface area (Å²) in [6, 6.07) is 7.54. The molecule has 0 amide bonds. The fraction of sp³-hybridized carbons (Fsp3) is 0.0769. The van der Waals surface area contributed by atoms with Crippen LogP contribution in [0.3, 0.4) is 0 Å². The average molecular weight is 404 g/mol. The van der Waals surface area contributed by atoms with Gasteiger partial charge in [0.2, 0.25) is 0 Å². The van der Waals surface area contributed by atoms with Crippen molar-refractivity contribution in [2.24, 2.45) is 0 Å². The van der Waals surface area contributed by atoms with Crippen LogP contribution in [0.2, 0.25) is 5.02 Å². The Kier molecular flexibility index (Phi) is 5.21. The van der Waals surface area contributed by atoms with Gasteiger partial charge in [-0.2, -0.15) is 0 Å². The first-order chi connectivity index (χ1) is 9.61. The molecule has 0 saturated carbocycles. The van der Waals surface area contributed by atoms with Gasteiger partial charge >= 0.3 is 0 Å². The molecular weight excluding hydrogens is 392 g/mol. The van der Waals surface area contributed by atoms with E-state index in [1.54, 1.807) is 0 Å². The highest BCUT2D eigenvalue weighted by atomic mass is 79.9. The van der Waals surface area contributed by atoms with Crippen molar-refractivity contribution in [3.05, 3.63) is 40.4 Å². The van der Waals surface area contributed by atoms with Crippen LogP contribution in [-0.4, -0.2) is 9.97 Å². The van der Waals surface area contributed by atoms with Crippen LogP contribution in [0.4, 0.5) is 16.0 Å². The fourth-order valence-corrected chi connectivity index (χ4v) is 3.56. The molecule has 0 atom stereocenters. The van der Waals surface area contributed by atoms with Gasteiger partial charge in [0.15, 0.2) is 10.3 Å². The first-order valence-electron chi connectivity index (χ1n) is 5.83. The van der Waals surface area contributed by atoms with Crippen LogP contribution in [0.5, 0.6) is 0 Å². The summed E-state index contributed by atoms with van der Waals surface area (Å²) in [4.78, 5) is 9.79. The van der Waals surface area contributed by atoms with E-state index in [0.717, 1.165) is 27.1 Å². The van der Waals surface area contributed by atoms with E-state index in [1.807, 2.05) is 36.6 Å². The van der Waals surface area contributed by atoms with Crippen LogP contribution >= 0.6 is 51.3 Å². The number of hydrogen-bond acceptors (Lipinski definition) is 6. The van der Waals surface area contributed by atoms with E-state index in [4.69, 9.17) is 17.3 Å². The summed E-state index contributed by atoms with van der Waals surface area (Å²) in [6.07, 6.45) is 0. The van der Waals surface area contributed by atoms with Crippen molar-refractivity contribution >= 4 is 67.2 Å². The number of benzene rings is 1. The fourth-order valence-electron chi connectivity index (χ4n) is 1.78. The number of nitrogens with one attached hydrogen (secondary N) is 1. The molecule has 4 nitrogen and oxygen atoms in total. The Morgan fingerprint density at radius 3 is 2.76 bits per heavy atom. The monoisotopic (exact) mass is 402 g/mol. The third-order valence-electron chi connectivity index (χ3n) is 2.63. The molecule has 0 radical (unpaired) electrons. The predicted molar refractivity (Wildman–Crippen MR) is 97.4 cm³/mol. The molecule has 0 fully saturated rings. The van der Waals surface area contributed by atoms with Gasteiger partial charge in [0, 0.05) is 16.1 Å². The molecule has 0 saturated heterocycles. The van der Waals surface area contributed by atoms with Gasteiger partial charge in [-0.3, -0.25) is 0 Å². The lowest BCUT2D eigenvalue weighted by atomic mass is 10.3. The molecule has 110 valence electrons. The molecule has 3 aromatic rings. The topological polar surface area (TPSA) is 63.8 Å². The molecule has 3 rings (SSSR count). The van der Waals surface area contributed by atoms with E-state index in [-0.39, 0.29) is 17.0 Å². The summed E-state index contributed by atoms with van der Waals surface area (Å²) in [5.41, 5.74) is 8.44. The summed E-state index contributed by atoms with van der Waals surface area (Å²) in [5.74, 6) is 0. The van der Waals surface area contributed by atoms with Crippen molar-refractivity contribution in [1.29, 1.82) is 0 Å². The third kappa shape index (κ3) is 3.74. The van der Waals surface area contributed by atoms with Gasteiger partial charge in [0.25, 0.3) is 0 Å². The summed E-state index contributed by atoms with van der Waals surface area (Å²) < 4.78 is 0. The van der Waals surface area contributed by atoms with Gasteiger partial charge in [-0.05, 0) is 25.1 Å². The van der Waals surface area contributed by atoms with Gasteiger partial charge in [-0.1, -0.05) is 29.0 Å². The van der Waals surface area contributed by atoms with Crippen LogP contribution in [0.15, 0.2) is 29.6 Å². The zero-order chi connectivity index (χ0) is 14.1. The maximum Gasteiger partial charge on any atom is 0.187 e. The highest BCUT2D eigenvalue weighted by Gasteiger charge is 2.11. The Bertz CT molecular complexity index is 756. The molecule has 3 N–H and O–H groups in total. The van der Waals surface area contributed by atoms with Gasteiger partial charge < -0.3 is 11.1 Å². The predicted octanol–water partition coefficient (Wildman–Crippen LogP) is 5.13. The van der Waals surface area contributed by atoms with Crippen molar-refractivity contribution in [2.75, 3.05) is 11.1 Å². The summed E-state index contributed by atoms with van der Waals surface area (Å²) in [5, 5.41) is 7.30. The Balaban J connectivity index is 0.00000161. The molecule has 1 aromatic carbocycles. The zero-order valence-electron chi connectivity index (χ0n) is 11.0. The first-order valence-corrected chi connectivity index (χ1v) is 7.90. The van der Waals surface area contributed by atoms with Gasteiger partial charge in [-0.15, -0.1) is 28.3 Å². The molecule has 2 heterocycles. The quantitative estimate of drug-likeness (QED) is 0.636. The molecule has 0 aliphatic heterocycles. The average Bonchev–Trinajstić information content (AvgIpc) is 2.96. The minimum Gasteiger partial charge on any atom is -0.375 e. The lowest BCUT2D eigenvalue weighted by Gasteiger charge is -2.02. The van der Waals surface area contributed by atoms with E-state index in [9.17, 15) is 0 Å². The van der Waals surface area contributed by atoms with Crippen LogP contribution in [0, 0.1) is 6.92 Å². The van der Waals surface area contributed by atoms with E-state index < -0.39 is 0 Å². The third-order valence-corrected chi connectivity index (χ3v) is 4.63. The highest BCUT2D eigenvalue weighted by molar-refractivity contribution is 8.93. The molecule has 8 heteroatoms. The largest absolute Gasteiger partial charge is 0.375 e. The number of aromatic nitrogens is 2. The van der Waals surface area contributed by atoms with E-state index in [1.165, 1.54) is 22.7 Å². The first kappa shape index (κ1) is 16.2. The van der Waals surface area contributed by atoms with Crippen molar-refractivity contribution in [3.63, 3.8) is 0 Å². The Morgan fingerprint density at radius 2 is 2.10 bits per heavy atom. The number of nitrogen functional groups attached to an aromatic ring is 1. The normalized spacial score (nSPS) is 10.2. The number of halogens is 2. The number of rotatable bonds is 3. The summed E-state index contributed by atoms with van der Waals surface area (Å²) in [6.45, 7) is 1.94. The van der Waals surface area contributed by atoms with Crippen LogP contribution < -0.4 is 11.1 Å². The molecule has 0 bridgehead atoms. The van der Waals surface area contributed by atoms with E-state index >= 15 is 0 Å². The summed E-state index contributed by atoms with van der Waals surface area (Å²) in [7, 11) is 0. The standard InChI is InChI=1S/C13H11ClN4S2.BrH/c1-7-11(20-12(15)16-7)10-6-19-13(18-10)17-9-4-2-3-8(14)5-9;/h2-6H,1H3,(H2,15,16)(H,17,18);1H. The number of nitrogens with two attached hydrogens (primary N) is 1. The maximum atomic E-state index is 5.96. The van der Waals surface area contributed by atoms with Gasteiger partial charge in [0.1, 0.15) is 0 Å². The lowest BCUT2D eigenvalue weighted by molar-refractivity contribution is 1.26. The zero-order valence-corrected chi connectivity index (χ0v) is 15.1. The molecule has 0 aliphatic rings. The molecule has 0 unspecified atom stereocenters. The van der Waals surface area contributed by atoms with Crippen molar-refractivity contribution in [1.82, 2.24) is 9.97 Å². The van der Waals surface area contributed by atoms with Crippen LogP contribution in [-0.2, 0) is 0 Å². The van der Waals surface area contributed by atoms with Gasteiger partial charge in [-0.25, -0.2) is 9.97 Å². The molecule has 0 spiro atoms. The number of aryl methyl sites for hydroxylation is 1. The number of anilines is 3. The second-order valence-corrected chi connectivity index (χ2v) is 6.47. The molecule has 0 aliphatic carbocycles. The Morgan fingerprint density at radius 1 is 1.29 bits per heavy atom. The lowest BCUT2D eigenvalue weighted by Crippen LogP contribution is -1.89. The van der Waals surface area contributed by atoms with Crippen molar-refractivity contribution in [3.8, 4) is 10.6 Å². The number of nitrogens with zero attached hydrogens (tertiary/aromatic N) is 2. The SMILES string of the molecule is Br.Cc1nc(N)sc1-c1csc(Nc2cccc(Cl)c2)n1.